The van der Waals surface area contributed by atoms with E-state index in [1.165, 1.54) is 28.6 Å². The SMILES string of the molecule is CCCc1cc(=O)[nH]c2cc(NC(=O)c3ccc(S(=O)(=O)N4CCCC4)cc3)ccc12. The summed E-state index contributed by atoms with van der Waals surface area (Å²) >= 11 is 0. The Kier molecular flexibility index (Phi) is 5.93. The maximum Gasteiger partial charge on any atom is 0.255 e. The molecule has 1 aromatic heterocycles. The van der Waals surface area contributed by atoms with Gasteiger partial charge >= 0.3 is 0 Å². The van der Waals surface area contributed by atoms with E-state index in [9.17, 15) is 18.0 Å². The summed E-state index contributed by atoms with van der Waals surface area (Å²) in [4.78, 5) is 27.6. The Morgan fingerprint density at radius 2 is 1.77 bits per heavy atom. The largest absolute Gasteiger partial charge is 0.322 e. The maximum atomic E-state index is 12.7. The average molecular weight is 440 g/mol. The molecule has 7 nitrogen and oxygen atoms in total. The number of aromatic nitrogens is 1. The minimum absolute atomic E-state index is 0.172. The molecule has 0 bridgehead atoms. The maximum absolute atomic E-state index is 12.7. The molecule has 1 fully saturated rings. The molecule has 1 aliphatic heterocycles. The molecule has 0 aliphatic carbocycles. The fraction of sp³-hybridized carbons (Fsp3) is 0.304. The highest BCUT2D eigenvalue weighted by molar-refractivity contribution is 7.89. The quantitative estimate of drug-likeness (QED) is 0.614. The minimum atomic E-state index is -3.51. The van der Waals surface area contributed by atoms with E-state index in [-0.39, 0.29) is 16.4 Å². The van der Waals surface area contributed by atoms with Crippen LogP contribution in [-0.2, 0) is 16.4 Å². The van der Waals surface area contributed by atoms with Crippen LogP contribution >= 0.6 is 0 Å². The van der Waals surface area contributed by atoms with Crippen molar-refractivity contribution in [3.05, 3.63) is 70.0 Å². The molecule has 3 aromatic rings. The van der Waals surface area contributed by atoms with Gasteiger partial charge in [-0.15, -0.1) is 0 Å². The van der Waals surface area contributed by atoms with E-state index in [1.54, 1.807) is 18.2 Å². The number of hydrogen-bond donors (Lipinski definition) is 2. The van der Waals surface area contributed by atoms with Crippen LogP contribution in [0.4, 0.5) is 5.69 Å². The molecule has 2 heterocycles. The fourth-order valence-electron chi connectivity index (χ4n) is 3.95. The predicted molar refractivity (Wildman–Crippen MR) is 121 cm³/mol. The molecule has 0 atom stereocenters. The van der Waals surface area contributed by atoms with Crippen LogP contribution in [0.5, 0.6) is 0 Å². The molecule has 2 aromatic carbocycles. The lowest BCUT2D eigenvalue weighted by molar-refractivity contribution is 0.102. The monoisotopic (exact) mass is 439 g/mol. The number of aryl methyl sites for hydroxylation is 1. The van der Waals surface area contributed by atoms with Crippen LogP contribution in [0.15, 0.2) is 58.2 Å². The zero-order chi connectivity index (χ0) is 22.0. The molecule has 2 N–H and O–H groups in total. The fourth-order valence-corrected chi connectivity index (χ4v) is 5.46. The number of carbonyl (C=O) groups is 1. The zero-order valence-electron chi connectivity index (χ0n) is 17.3. The normalized spacial score (nSPS) is 14.7. The molecule has 31 heavy (non-hydrogen) atoms. The van der Waals surface area contributed by atoms with Crippen molar-refractivity contribution in [2.45, 2.75) is 37.5 Å². The summed E-state index contributed by atoms with van der Waals surface area (Å²) in [5.41, 5.74) is 2.38. The first-order chi connectivity index (χ1) is 14.9. The Morgan fingerprint density at radius 1 is 1.06 bits per heavy atom. The van der Waals surface area contributed by atoms with Gasteiger partial charge in [-0.05, 0) is 61.2 Å². The average Bonchev–Trinajstić information content (AvgIpc) is 3.29. The lowest BCUT2D eigenvalue weighted by Crippen LogP contribution is -2.27. The molecule has 8 heteroatoms. The second-order valence-electron chi connectivity index (χ2n) is 7.76. The number of fused-ring (bicyclic) bond motifs is 1. The Labute approximate surface area is 181 Å². The first-order valence-corrected chi connectivity index (χ1v) is 11.9. The van der Waals surface area contributed by atoms with Crippen LogP contribution < -0.4 is 10.9 Å². The number of pyridine rings is 1. The van der Waals surface area contributed by atoms with E-state index in [1.807, 2.05) is 6.07 Å². The zero-order valence-corrected chi connectivity index (χ0v) is 18.2. The highest BCUT2D eigenvalue weighted by Crippen LogP contribution is 2.23. The number of anilines is 1. The first-order valence-electron chi connectivity index (χ1n) is 10.5. The van der Waals surface area contributed by atoms with Gasteiger partial charge in [0.1, 0.15) is 0 Å². The van der Waals surface area contributed by atoms with E-state index in [0.29, 0.717) is 29.9 Å². The van der Waals surface area contributed by atoms with Crippen LogP contribution in [-0.4, -0.2) is 36.7 Å². The number of rotatable bonds is 6. The number of carbonyl (C=O) groups excluding carboxylic acids is 1. The van der Waals surface area contributed by atoms with Gasteiger partial charge in [0.05, 0.1) is 10.4 Å². The van der Waals surface area contributed by atoms with Crippen molar-refractivity contribution >= 4 is 32.5 Å². The highest BCUT2D eigenvalue weighted by atomic mass is 32.2. The number of benzene rings is 2. The summed E-state index contributed by atoms with van der Waals surface area (Å²) < 4.78 is 26.7. The van der Waals surface area contributed by atoms with E-state index in [4.69, 9.17) is 0 Å². The van der Waals surface area contributed by atoms with Crippen molar-refractivity contribution in [2.24, 2.45) is 0 Å². The molecule has 0 unspecified atom stereocenters. The lowest BCUT2D eigenvalue weighted by Gasteiger charge is -2.15. The number of sulfonamides is 1. The number of aromatic amines is 1. The van der Waals surface area contributed by atoms with E-state index >= 15 is 0 Å². The number of nitrogens with one attached hydrogen (secondary N) is 2. The third kappa shape index (κ3) is 4.40. The second-order valence-corrected chi connectivity index (χ2v) is 9.70. The molecule has 0 spiro atoms. The standard InChI is InChI=1S/C23H25N3O4S/c1-2-5-17-14-22(27)25-21-15-18(8-11-20(17)21)24-23(28)16-6-9-19(10-7-16)31(29,30)26-12-3-4-13-26/h6-11,14-15H,2-5,12-13H2,1H3,(H,24,28)(H,25,27). The number of H-pyrrole nitrogens is 1. The van der Waals surface area contributed by atoms with Gasteiger partial charge in [-0.1, -0.05) is 19.4 Å². The molecule has 0 saturated carbocycles. The Hall–Kier alpha value is -2.97. The molecule has 0 radical (unpaired) electrons. The summed E-state index contributed by atoms with van der Waals surface area (Å²) in [7, 11) is -3.51. The predicted octanol–water partition coefficient (Wildman–Crippen LogP) is 3.52. The highest BCUT2D eigenvalue weighted by Gasteiger charge is 2.27. The number of nitrogens with zero attached hydrogens (tertiary/aromatic N) is 1. The van der Waals surface area contributed by atoms with E-state index in [2.05, 4.69) is 17.2 Å². The number of hydrogen-bond acceptors (Lipinski definition) is 4. The molecule has 162 valence electrons. The Bertz CT molecular complexity index is 1270. The van der Waals surface area contributed by atoms with Gasteiger partial charge in [-0.2, -0.15) is 4.31 Å². The van der Waals surface area contributed by atoms with Crippen molar-refractivity contribution < 1.29 is 13.2 Å². The van der Waals surface area contributed by atoms with Crippen molar-refractivity contribution in [1.82, 2.24) is 9.29 Å². The summed E-state index contributed by atoms with van der Waals surface area (Å²) in [6, 6.07) is 13.0. The van der Waals surface area contributed by atoms with Gasteiger partial charge in [0.25, 0.3) is 5.91 Å². The van der Waals surface area contributed by atoms with Crippen molar-refractivity contribution in [1.29, 1.82) is 0 Å². The summed E-state index contributed by atoms with van der Waals surface area (Å²) in [6.07, 6.45) is 3.48. The third-order valence-corrected chi connectivity index (χ3v) is 7.44. The molecular formula is C23H25N3O4S. The van der Waals surface area contributed by atoms with E-state index in [0.717, 1.165) is 36.6 Å². The van der Waals surface area contributed by atoms with Gasteiger partial charge in [0, 0.05) is 35.8 Å². The molecule has 1 aliphatic rings. The van der Waals surface area contributed by atoms with Crippen LogP contribution in [0.3, 0.4) is 0 Å². The topological polar surface area (TPSA) is 99.3 Å². The second kappa shape index (κ2) is 8.64. The van der Waals surface area contributed by atoms with Crippen LogP contribution in [0.1, 0.15) is 42.1 Å². The smallest absolute Gasteiger partial charge is 0.255 e. The molecular weight excluding hydrogens is 414 g/mol. The van der Waals surface area contributed by atoms with Crippen molar-refractivity contribution in [3.63, 3.8) is 0 Å². The van der Waals surface area contributed by atoms with Crippen LogP contribution in [0, 0.1) is 0 Å². The minimum Gasteiger partial charge on any atom is -0.322 e. The van der Waals surface area contributed by atoms with Gasteiger partial charge in [0.2, 0.25) is 15.6 Å². The van der Waals surface area contributed by atoms with Crippen LogP contribution in [0.25, 0.3) is 10.9 Å². The van der Waals surface area contributed by atoms with Crippen LogP contribution in [0.2, 0.25) is 0 Å². The molecule has 4 rings (SSSR count). The summed E-state index contributed by atoms with van der Waals surface area (Å²) in [5.74, 6) is -0.350. The number of amides is 1. The lowest BCUT2D eigenvalue weighted by atomic mass is 10.0. The Morgan fingerprint density at radius 3 is 2.45 bits per heavy atom. The van der Waals surface area contributed by atoms with Crippen molar-refractivity contribution in [2.75, 3.05) is 18.4 Å². The molecule has 1 amide bonds. The summed E-state index contributed by atoms with van der Waals surface area (Å²) in [5, 5.41) is 3.77. The van der Waals surface area contributed by atoms with E-state index < -0.39 is 10.0 Å². The summed E-state index contributed by atoms with van der Waals surface area (Å²) in [6.45, 7) is 3.13. The van der Waals surface area contributed by atoms with Gasteiger partial charge in [-0.3, -0.25) is 9.59 Å². The van der Waals surface area contributed by atoms with Gasteiger partial charge in [0.15, 0.2) is 0 Å². The van der Waals surface area contributed by atoms with Crippen molar-refractivity contribution in [3.8, 4) is 0 Å². The molecule has 1 saturated heterocycles. The first kappa shape index (κ1) is 21.3. The Balaban J connectivity index is 1.54. The third-order valence-electron chi connectivity index (χ3n) is 5.53. The van der Waals surface area contributed by atoms with Gasteiger partial charge < -0.3 is 10.3 Å². The van der Waals surface area contributed by atoms with Gasteiger partial charge in [-0.25, -0.2) is 8.42 Å².